The second kappa shape index (κ2) is 6.99. The van der Waals surface area contributed by atoms with Gasteiger partial charge < -0.3 is 10.1 Å². The van der Waals surface area contributed by atoms with E-state index in [-0.39, 0.29) is 10.6 Å². The van der Waals surface area contributed by atoms with Gasteiger partial charge >= 0.3 is 6.18 Å². The van der Waals surface area contributed by atoms with E-state index in [0.29, 0.717) is 30.1 Å². The molecule has 0 bridgehead atoms. The van der Waals surface area contributed by atoms with Crippen LogP contribution in [0.25, 0.3) is 0 Å². The summed E-state index contributed by atoms with van der Waals surface area (Å²) in [6, 6.07) is 7.36. The molecule has 0 radical (unpaired) electrons. The highest BCUT2D eigenvalue weighted by Gasteiger charge is 2.36. The van der Waals surface area contributed by atoms with Gasteiger partial charge in [-0.2, -0.15) is 13.2 Å². The van der Waals surface area contributed by atoms with E-state index in [9.17, 15) is 18.0 Å². The molecule has 0 fully saturated rings. The van der Waals surface area contributed by atoms with E-state index >= 15 is 0 Å². The molecular formula is C15H15F3N2O2S. The molecule has 124 valence electrons. The number of methoxy groups -OCH3 is 1. The first-order valence-corrected chi connectivity index (χ1v) is 7.58. The number of carbonyl (C=O) groups is 1. The van der Waals surface area contributed by atoms with E-state index < -0.39 is 17.1 Å². The van der Waals surface area contributed by atoms with Crippen molar-refractivity contribution in [1.29, 1.82) is 0 Å². The number of aromatic nitrogens is 1. The number of halogens is 3. The van der Waals surface area contributed by atoms with Crippen LogP contribution in [0.4, 0.5) is 13.2 Å². The molecule has 0 saturated carbocycles. The molecule has 0 aliphatic rings. The topological polar surface area (TPSA) is 51.2 Å². The number of aryl methyl sites for hydroxylation is 1. The predicted octanol–water partition coefficient (Wildman–Crippen LogP) is 3.45. The van der Waals surface area contributed by atoms with Gasteiger partial charge in [0.1, 0.15) is 10.6 Å². The molecule has 23 heavy (non-hydrogen) atoms. The highest BCUT2D eigenvalue weighted by Crippen LogP contribution is 2.33. The van der Waals surface area contributed by atoms with Gasteiger partial charge in [0.15, 0.2) is 5.01 Å². The van der Waals surface area contributed by atoms with Crippen molar-refractivity contribution >= 4 is 17.2 Å². The number of hydrogen-bond donors (Lipinski definition) is 1. The molecule has 4 nitrogen and oxygen atoms in total. The largest absolute Gasteiger partial charge is 0.497 e. The van der Waals surface area contributed by atoms with Crippen LogP contribution in [0.3, 0.4) is 0 Å². The van der Waals surface area contributed by atoms with Crippen molar-refractivity contribution in [2.45, 2.75) is 19.5 Å². The fourth-order valence-corrected chi connectivity index (χ4v) is 2.81. The first-order chi connectivity index (χ1) is 10.8. The maximum atomic E-state index is 12.6. The molecule has 0 spiro atoms. The fraction of sp³-hybridized carbons (Fsp3) is 0.333. The fourth-order valence-electron chi connectivity index (χ4n) is 1.96. The van der Waals surface area contributed by atoms with E-state index in [1.807, 2.05) is 18.2 Å². The Morgan fingerprint density at radius 3 is 2.74 bits per heavy atom. The molecule has 1 amide bonds. The van der Waals surface area contributed by atoms with Gasteiger partial charge in [-0.3, -0.25) is 4.79 Å². The lowest BCUT2D eigenvalue weighted by Crippen LogP contribution is -2.25. The summed E-state index contributed by atoms with van der Waals surface area (Å²) in [5, 5.41) is 1.61. The van der Waals surface area contributed by atoms with Crippen LogP contribution >= 0.6 is 11.3 Å². The van der Waals surface area contributed by atoms with E-state index in [1.54, 1.807) is 13.2 Å². The molecule has 2 rings (SSSR count). The summed E-state index contributed by atoms with van der Waals surface area (Å²) in [6.45, 7) is 1.70. The number of rotatable bonds is 5. The van der Waals surface area contributed by atoms with Crippen LogP contribution in [0, 0.1) is 6.92 Å². The van der Waals surface area contributed by atoms with Crippen molar-refractivity contribution in [2.75, 3.05) is 13.7 Å². The lowest BCUT2D eigenvalue weighted by atomic mass is 10.1. The lowest BCUT2D eigenvalue weighted by molar-refractivity contribution is -0.137. The van der Waals surface area contributed by atoms with Gasteiger partial charge in [0.25, 0.3) is 5.91 Å². The van der Waals surface area contributed by atoms with Gasteiger partial charge in [0, 0.05) is 6.54 Å². The predicted molar refractivity (Wildman–Crippen MR) is 80.9 cm³/mol. The van der Waals surface area contributed by atoms with Crippen molar-refractivity contribution in [2.24, 2.45) is 0 Å². The molecule has 1 aromatic carbocycles. The molecule has 1 heterocycles. The average molecular weight is 344 g/mol. The Morgan fingerprint density at radius 2 is 2.13 bits per heavy atom. The summed E-state index contributed by atoms with van der Waals surface area (Å²) in [5.74, 6) is 0.167. The average Bonchev–Trinajstić information content (AvgIpc) is 2.89. The maximum Gasteiger partial charge on any atom is 0.443 e. The number of amides is 1. The van der Waals surface area contributed by atoms with E-state index in [1.165, 1.54) is 6.92 Å². The van der Waals surface area contributed by atoms with E-state index in [0.717, 1.165) is 5.56 Å². The molecule has 1 N–H and O–H groups in total. The minimum Gasteiger partial charge on any atom is -0.497 e. The second-order valence-corrected chi connectivity index (χ2v) is 5.79. The van der Waals surface area contributed by atoms with Crippen LogP contribution in [-0.4, -0.2) is 24.5 Å². The molecule has 0 saturated heterocycles. The third-order valence-corrected chi connectivity index (χ3v) is 4.28. The van der Waals surface area contributed by atoms with E-state index in [4.69, 9.17) is 4.74 Å². The first-order valence-electron chi connectivity index (χ1n) is 6.77. The van der Waals surface area contributed by atoms with Gasteiger partial charge in [0.05, 0.1) is 12.8 Å². The van der Waals surface area contributed by atoms with Gasteiger partial charge in [-0.25, -0.2) is 4.98 Å². The Hall–Kier alpha value is -2.09. The monoisotopic (exact) mass is 344 g/mol. The number of nitrogens with one attached hydrogen (secondary N) is 1. The SMILES string of the molecule is COc1cccc(CCNC(=O)c2sc(C(F)(F)F)nc2C)c1. The maximum absolute atomic E-state index is 12.6. The molecule has 0 aliphatic heterocycles. The summed E-state index contributed by atoms with van der Waals surface area (Å²) >= 11 is 0.359. The van der Waals surface area contributed by atoms with Crippen LogP contribution < -0.4 is 10.1 Å². The normalized spacial score (nSPS) is 11.3. The number of hydrogen-bond acceptors (Lipinski definition) is 4. The zero-order valence-electron chi connectivity index (χ0n) is 12.5. The lowest BCUT2D eigenvalue weighted by Gasteiger charge is -2.06. The second-order valence-electron chi connectivity index (χ2n) is 4.79. The number of carbonyl (C=O) groups excluding carboxylic acids is 1. The van der Waals surface area contributed by atoms with Gasteiger partial charge in [-0.1, -0.05) is 12.1 Å². The molecule has 0 unspecified atom stereocenters. The zero-order valence-corrected chi connectivity index (χ0v) is 13.3. The van der Waals surface area contributed by atoms with Gasteiger partial charge in [-0.15, -0.1) is 11.3 Å². The Kier molecular flexibility index (Phi) is 5.25. The first kappa shape index (κ1) is 17.3. The molecule has 0 aliphatic carbocycles. The summed E-state index contributed by atoms with van der Waals surface area (Å²) in [4.78, 5) is 15.4. The quantitative estimate of drug-likeness (QED) is 0.904. The van der Waals surface area contributed by atoms with E-state index in [2.05, 4.69) is 10.3 Å². The van der Waals surface area contributed by atoms with Gasteiger partial charge in [0.2, 0.25) is 0 Å². The minimum atomic E-state index is -4.53. The zero-order chi connectivity index (χ0) is 17.0. The molecule has 8 heteroatoms. The Bertz CT molecular complexity index is 698. The summed E-state index contributed by atoms with van der Waals surface area (Å²) < 4.78 is 42.9. The minimum absolute atomic E-state index is 0.0111. The smallest absolute Gasteiger partial charge is 0.443 e. The molecular weight excluding hydrogens is 329 g/mol. The standard InChI is InChI=1S/C15H15F3N2O2S/c1-9-12(23-14(20-9)15(16,17)18)13(21)19-7-6-10-4-3-5-11(8-10)22-2/h3-5,8H,6-7H2,1-2H3,(H,19,21). The summed E-state index contributed by atoms with van der Waals surface area (Å²) in [5.41, 5.74) is 1.04. The summed E-state index contributed by atoms with van der Waals surface area (Å²) in [6.07, 6.45) is -3.98. The third kappa shape index (κ3) is 4.44. The number of nitrogens with zero attached hydrogens (tertiary/aromatic N) is 1. The van der Waals surface area contributed by atoms with Crippen LogP contribution in [-0.2, 0) is 12.6 Å². The highest BCUT2D eigenvalue weighted by atomic mass is 32.1. The number of ether oxygens (including phenoxy) is 1. The summed E-state index contributed by atoms with van der Waals surface area (Å²) in [7, 11) is 1.56. The third-order valence-electron chi connectivity index (χ3n) is 3.08. The molecule has 1 aromatic heterocycles. The van der Waals surface area contributed by atoms with Crippen molar-refractivity contribution in [3.63, 3.8) is 0 Å². The van der Waals surface area contributed by atoms with Crippen molar-refractivity contribution in [1.82, 2.24) is 10.3 Å². The van der Waals surface area contributed by atoms with Crippen LogP contribution in [0.1, 0.15) is 25.9 Å². The number of alkyl halides is 3. The highest BCUT2D eigenvalue weighted by molar-refractivity contribution is 7.13. The Labute approximate surface area is 135 Å². The van der Waals surface area contributed by atoms with Crippen LogP contribution in [0.5, 0.6) is 5.75 Å². The molecule has 0 atom stereocenters. The van der Waals surface area contributed by atoms with Crippen molar-refractivity contribution in [3.05, 3.63) is 45.4 Å². The van der Waals surface area contributed by atoms with Crippen LogP contribution in [0.2, 0.25) is 0 Å². The number of thiazole rings is 1. The van der Waals surface area contributed by atoms with Crippen molar-refractivity contribution in [3.8, 4) is 5.75 Å². The van der Waals surface area contributed by atoms with Gasteiger partial charge in [-0.05, 0) is 31.0 Å². The Balaban J connectivity index is 1.96. The Morgan fingerprint density at radius 1 is 1.39 bits per heavy atom. The molecule has 2 aromatic rings. The van der Waals surface area contributed by atoms with Crippen molar-refractivity contribution < 1.29 is 22.7 Å². The number of benzene rings is 1. The van der Waals surface area contributed by atoms with Crippen LogP contribution in [0.15, 0.2) is 24.3 Å².